The fraction of sp³-hybridized carbons (Fsp3) is 0.867. The van der Waals surface area contributed by atoms with E-state index in [4.69, 9.17) is 0 Å². The Morgan fingerprint density at radius 2 is 2.00 bits per heavy atom. The standard InChI is InChI=1S/C15H25N3O2/c16-12-15(7-3-1-2-4-8-15)17-14(20)11-18-9-5-6-13(19)10-18/h13,19H,1-11H2,(H,17,20). The first-order chi connectivity index (χ1) is 9.63. The van der Waals surface area contributed by atoms with Crippen molar-refractivity contribution >= 4 is 5.91 Å². The molecule has 1 aliphatic carbocycles. The van der Waals surface area contributed by atoms with Crippen molar-refractivity contribution in [3.8, 4) is 6.07 Å². The SMILES string of the molecule is N#CC1(NC(=O)CN2CCCC(O)C2)CCCCCC1. The van der Waals surface area contributed by atoms with Crippen molar-refractivity contribution in [1.29, 1.82) is 5.26 Å². The molecule has 2 rings (SSSR count). The van der Waals surface area contributed by atoms with Crippen LogP contribution in [0.2, 0.25) is 0 Å². The van der Waals surface area contributed by atoms with Gasteiger partial charge >= 0.3 is 0 Å². The van der Waals surface area contributed by atoms with E-state index in [0.29, 0.717) is 13.1 Å². The summed E-state index contributed by atoms with van der Waals surface area (Å²) in [5, 5.41) is 22.0. The maximum absolute atomic E-state index is 12.2. The van der Waals surface area contributed by atoms with Gasteiger partial charge in [0.15, 0.2) is 0 Å². The molecular formula is C15H25N3O2. The number of hydrogen-bond acceptors (Lipinski definition) is 4. The highest BCUT2D eigenvalue weighted by Crippen LogP contribution is 2.26. The zero-order valence-corrected chi connectivity index (χ0v) is 12.1. The first kappa shape index (κ1) is 15.3. The lowest BCUT2D eigenvalue weighted by molar-refractivity contribution is -0.124. The van der Waals surface area contributed by atoms with Gasteiger partial charge in [-0.25, -0.2) is 0 Å². The molecule has 0 spiro atoms. The van der Waals surface area contributed by atoms with Crippen LogP contribution >= 0.6 is 0 Å². The number of amides is 1. The van der Waals surface area contributed by atoms with Gasteiger partial charge in [0.25, 0.3) is 0 Å². The summed E-state index contributed by atoms with van der Waals surface area (Å²) in [6.07, 6.45) is 7.27. The number of rotatable bonds is 3. The molecule has 1 saturated heterocycles. The van der Waals surface area contributed by atoms with E-state index in [1.807, 2.05) is 4.90 Å². The molecule has 1 aliphatic heterocycles. The van der Waals surface area contributed by atoms with Gasteiger partial charge in [0.1, 0.15) is 5.54 Å². The Balaban J connectivity index is 1.87. The van der Waals surface area contributed by atoms with Crippen molar-refractivity contribution in [2.24, 2.45) is 0 Å². The molecule has 0 bridgehead atoms. The Morgan fingerprint density at radius 3 is 2.60 bits per heavy atom. The van der Waals surface area contributed by atoms with Crippen molar-refractivity contribution in [3.05, 3.63) is 0 Å². The first-order valence-electron chi connectivity index (χ1n) is 7.76. The molecular weight excluding hydrogens is 254 g/mol. The average Bonchev–Trinajstić information content (AvgIpc) is 2.65. The van der Waals surface area contributed by atoms with Gasteiger partial charge in [-0.15, -0.1) is 0 Å². The van der Waals surface area contributed by atoms with Crippen LogP contribution in [0, 0.1) is 11.3 Å². The number of carbonyl (C=O) groups excluding carboxylic acids is 1. The van der Waals surface area contributed by atoms with Crippen molar-refractivity contribution in [2.75, 3.05) is 19.6 Å². The number of aliphatic hydroxyl groups excluding tert-OH is 1. The molecule has 20 heavy (non-hydrogen) atoms. The maximum Gasteiger partial charge on any atom is 0.235 e. The lowest BCUT2D eigenvalue weighted by atomic mass is 9.92. The summed E-state index contributed by atoms with van der Waals surface area (Å²) < 4.78 is 0. The lowest BCUT2D eigenvalue weighted by Gasteiger charge is -2.31. The number of piperidine rings is 1. The Labute approximate surface area is 120 Å². The molecule has 5 nitrogen and oxygen atoms in total. The second-order valence-electron chi connectivity index (χ2n) is 6.19. The quantitative estimate of drug-likeness (QED) is 0.761. The molecule has 0 radical (unpaired) electrons. The molecule has 2 fully saturated rings. The van der Waals surface area contributed by atoms with E-state index < -0.39 is 5.54 Å². The second kappa shape index (κ2) is 7.05. The number of nitrogens with zero attached hydrogens (tertiary/aromatic N) is 2. The highest BCUT2D eigenvalue weighted by molar-refractivity contribution is 5.79. The van der Waals surface area contributed by atoms with E-state index in [0.717, 1.165) is 57.9 Å². The van der Waals surface area contributed by atoms with Crippen LogP contribution in [-0.2, 0) is 4.79 Å². The van der Waals surface area contributed by atoms with Gasteiger partial charge in [-0.2, -0.15) is 5.26 Å². The van der Waals surface area contributed by atoms with Crippen LogP contribution in [0.4, 0.5) is 0 Å². The predicted molar refractivity (Wildman–Crippen MR) is 75.9 cm³/mol. The van der Waals surface area contributed by atoms with Crippen molar-refractivity contribution in [1.82, 2.24) is 10.2 Å². The van der Waals surface area contributed by atoms with Gasteiger partial charge in [-0.3, -0.25) is 9.69 Å². The van der Waals surface area contributed by atoms with E-state index in [9.17, 15) is 15.2 Å². The zero-order chi connectivity index (χ0) is 14.4. The Hall–Kier alpha value is -1.12. The summed E-state index contributed by atoms with van der Waals surface area (Å²) in [6, 6.07) is 2.33. The number of likely N-dealkylation sites (tertiary alicyclic amines) is 1. The van der Waals surface area contributed by atoms with Crippen molar-refractivity contribution in [2.45, 2.75) is 63.0 Å². The molecule has 2 N–H and O–H groups in total. The summed E-state index contributed by atoms with van der Waals surface area (Å²) in [7, 11) is 0. The number of aliphatic hydroxyl groups is 1. The van der Waals surface area contributed by atoms with Crippen LogP contribution in [-0.4, -0.2) is 47.2 Å². The smallest absolute Gasteiger partial charge is 0.235 e. The van der Waals surface area contributed by atoms with Crippen LogP contribution in [0.3, 0.4) is 0 Å². The van der Waals surface area contributed by atoms with E-state index in [2.05, 4.69) is 11.4 Å². The fourth-order valence-corrected chi connectivity index (χ4v) is 3.28. The van der Waals surface area contributed by atoms with Crippen molar-refractivity contribution in [3.63, 3.8) is 0 Å². The minimum Gasteiger partial charge on any atom is -0.392 e. The van der Waals surface area contributed by atoms with Crippen LogP contribution in [0.25, 0.3) is 0 Å². The molecule has 0 aromatic heterocycles. The number of hydrogen-bond donors (Lipinski definition) is 2. The molecule has 0 aromatic rings. The highest BCUT2D eigenvalue weighted by atomic mass is 16.3. The zero-order valence-electron chi connectivity index (χ0n) is 12.1. The molecule has 1 saturated carbocycles. The average molecular weight is 279 g/mol. The van der Waals surface area contributed by atoms with Gasteiger partial charge in [0.2, 0.25) is 5.91 Å². The first-order valence-corrected chi connectivity index (χ1v) is 7.76. The molecule has 112 valence electrons. The van der Waals surface area contributed by atoms with Crippen LogP contribution in [0.5, 0.6) is 0 Å². The molecule has 1 unspecified atom stereocenters. The molecule has 2 aliphatic rings. The van der Waals surface area contributed by atoms with E-state index in [1.165, 1.54) is 0 Å². The third kappa shape index (κ3) is 4.19. The Morgan fingerprint density at radius 1 is 1.30 bits per heavy atom. The number of carbonyl (C=O) groups is 1. The van der Waals surface area contributed by atoms with Gasteiger partial charge in [-0.1, -0.05) is 25.7 Å². The number of nitriles is 1. The summed E-state index contributed by atoms with van der Waals surface area (Å²) >= 11 is 0. The minimum atomic E-state index is -0.665. The van der Waals surface area contributed by atoms with Crippen LogP contribution < -0.4 is 5.32 Å². The Kier molecular flexibility index (Phi) is 5.38. The Bertz CT molecular complexity index is 370. The number of nitrogens with one attached hydrogen (secondary N) is 1. The third-order valence-corrected chi connectivity index (χ3v) is 4.40. The molecule has 0 aromatic carbocycles. The van der Waals surface area contributed by atoms with E-state index in [1.54, 1.807) is 0 Å². The van der Waals surface area contributed by atoms with Crippen LogP contribution in [0.15, 0.2) is 0 Å². The summed E-state index contributed by atoms with van der Waals surface area (Å²) in [5.41, 5.74) is -0.665. The molecule has 1 amide bonds. The molecule has 1 atom stereocenters. The van der Waals surface area contributed by atoms with Gasteiger partial charge in [-0.05, 0) is 32.2 Å². The summed E-state index contributed by atoms with van der Waals surface area (Å²) in [4.78, 5) is 14.2. The summed E-state index contributed by atoms with van der Waals surface area (Å²) in [6.45, 7) is 1.71. The maximum atomic E-state index is 12.2. The molecule has 1 heterocycles. The topological polar surface area (TPSA) is 76.4 Å². The summed E-state index contributed by atoms with van der Waals surface area (Å²) in [5.74, 6) is -0.0810. The van der Waals surface area contributed by atoms with Crippen LogP contribution in [0.1, 0.15) is 51.4 Å². The van der Waals surface area contributed by atoms with Gasteiger partial charge in [0, 0.05) is 6.54 Å². The van der Waals surface area contributed by atoms with E-state index in [-0.39, 0.29) is 12.0 Å². The third-order valence-electron chi connectivity index (χ3n) is 4.40. The normalized spacial score (nSPS) is 27.3. The largest absolute Gasteiger partial charge is 0.392 e. The minimum absolute atomic E-state index is 0.0810. The lowest BCUT2D eigenvalue weighted by Crippen LogP contribution is -2.52. The van der Waals surface area contributed by atoms with Gasteiger partial charge < -0.3 is 10.4 Å². The second-order valence-corrected chi connectivity index (χ2v) is 6.19. The molecule has 5 heteroatoms. The fourth-order valence-electron chi connectivity index (χ4n) is 3.28. The predicted octanol–water partition coefficient (Wildman–Crippen LogP) is 1.18. The van der Waals surface area contributed by atoms with Crippen molar-refractivity contribution < 1.29 is 9.90 Å². The van der Waals surface area contributed by atoms with Gasteiger partial charge in [0.05, 0.1) is 18.7 Å². The monoisotopic (exact) mass is 279 g/mol. The van der Waals surface area contributed by atoms with E-state index >= 15 is 0 Å². The number of β-amino-alcohol motifs (C(OH)–C–C–N with tert-alkyl or cyclic N) is 1. The highest BCUT2D eigenvalue weighted by Gasteiger charge is 2.33.